The average molecular weight is 624 g/mol. The largest absolute Gasteiger partial charge is 0.490 e. The number of anilines is 1. The standard InChI is InChI=1S/C23H27N9O3S.C2HF3O2/c1-2-25-22(35)27-19-18(15-5-3-4-6-16(15)36-19)20(33)31-9-7-23(8-10-31)21(34)26-17(28-23)13-32-12-14(11-24)29-30-32;3-2(4,5)1(6)7/h3-6,12H,2,7-11,13,24H2,1H3,(H2,25,27,35)(H,26,28,34);(H,6,7). The van der Waals surface area contributed by atoms with Crippen LogP contribution in [0.15, 0.2) is 35.5 Å². The van der Waals surface area contributed by atoms with Gasteiger partial charge in [-0.15, -0.1) is 16.4 Å². The Labute approximate surface area is 246 Å². The van der Waals surface area contributed by atoms with Crippen molar-refractivity contribution in [2.75, 3.05) is 25.0 Å². The second-order valence-electron chi connectivity index (χ2n) is 9.54. The van der Waals surface area contributed by atoms with Crippen molar-refractivity contribution in [3.63, 3.8) is 0 Å². The molecule has 0 aliphatic carbocycles. The fraction of sp³-hybridized carbons (Fsp3) is 0.400. The highest BCUT2D eigenvalue weighted by Crippen LogP contribution is 2.38. The number of carbonyl (C=O) groups excluding carboxylic acids is 3. The fourth-order valence-electron chi connectivity index (χ4n) is 4.55. The van der Waals surface area contributed by atoms with Crippen LogP contribution in [0.4, 0.5) is 23.0 Å². The van der Waals surface area contributed by atoms with Gasteiger partial charge in [-0.1, -0.05) is 23.4 Å². The first kappa shape index (κ1) is 31.4. The molecule has 1 saturated heterocycles. The molecular formula is C25H28F3N9O5S. The number of aliphatic carboxylic acids is 1. The number of nitrogens with one attached hydrogen (secondary N) is 3. The van der Waals surface area contributed by atoms with E-state index < -0.39 is 17.7 Å². The first-order valence-corrected chi connectivity index (χ1v) is 13.8. The molecule has 5 rings (SSSR count). The first-order valence-electron chi connectivity index (χ1n) is 13.0. The molecule has 0 radical (unpaired) electrons. The number of carbonyl (C=O) groups is 4. The van der Waals surface area contributed by atoms with E-state index in [4.69, 9.17) is 20.6 Å². The molecule has 0 saturated carbocycles. The Hall–Kier alpha value is -4.58. The van der Waals surface area contributed by atoms with E-state index in [0.29, 0.717) is 61.1 Å². The van der Waals surface area contributed by atoms with Crippen LogP contribution >= 0.6 is 11.3 Å². The van der Waals surface area contributed by atoms with Crippen molar-refractivity contribution in [3.8, 4) is 0 Å². The number of carboxylic acids is 1. The molecule has 1 fully saturated rings. The minimum atomic E-state index is -5.08. The predicted octanol–water partition coefficient (Wildman–Crippen LogP) is 1.93. The number of likely N-dealkylation sites (tertiary alicyclic amines) is 1. The van der Waals surface area contributed by atoms with Crippen molar-refractivity contribution in [3.05, 3.63) is 41.7 Å². The summed E-state index contributed by atoms with van der Waals surface area (Å²) in [5.41, 5.74) is 5.81. The van der Waals surface area contributed by atoms with Gasteiger partial charge in [0.05, 0.1) is 17.5 Å². The minimum absolute atomic E-state index is 0.164. The van der Waals surface area contributed by atoms with Crippen LogP contribution < -0.4 is 21.7 Å². The van der Waals surface area contributed by atoms with E-state index in [9.17, 15) is 27.6 Å². The van der Waals surface area contributed by atoms with Crippen LogP contribution in [0.5, 0.6) is 0 Å². The third kappa shape index (κ3) is 7.08. The summed E-state index contributed by atoms with van der Waals surface area (Å²) in [6, 6.07) is 7.23. The number of urea groups is 1. The lowest BCUT2D eigenvalue weighted by molar-refractivity contribution is -0.192. The van der Waals surface area contributed by atoms with E-state index >= 15 is 0 Å². The molecule has 0 atom stereocenters. The normalized spacial score (nSPS) is 15.9. The molecule has 1 spiro atoms. The lowest BCUT2D eigenvalue weighted by Gasteiger charge is -2.35. The van der Waals surface area contributed by atoms with Gasteiger partial charge in [0.1, 0.15) is 22.9 Å². The molecule has 43 heavy (non-hydrogen) atoms. The van der Waals surface area contributed by atoms with Gasteiger partial charge in [-0.05, 0) is 25.8 Å². The molecule has 0 bridgehead atoms. The molecule has 2 aliphatic rings. The van der Waals surface area contributed by atoms with Crippen LogP contribution in [-0.4, -0.2) is 86.0 Å². The van der Waals surface area contributed by atoms with Gasteiger partial charge >= 0.3 is 18.2 Å². The van der Waals surface area contributed by atoms with E-state index in [0.717, 1.165) is 10.1 Å². The van der Waals surface area contributed by atoms with E-state index in [2.05, 4.69) is 26.3 Å². The number of hydrogen-bond donors (Lipinski definition) is 5. The Morgan fingerprint density at radius 3 is 2.49 bits per heavy atom. The Morgan fingerprint density at radius 2 is 1.88 bits per heavy atom. The summed E-state index contributed by atoms with van der Waals surface area (Å²) < 4.78 is 34.2. The number of benzene rings is 1. The maximum Gasteiger partial charge on any atom is 0.490 e. The van der Waals surface area contributed by atoms with Gasteiger partial charge in [-0.25, -0.2) is 14.3 Å². The third-order valence-corrected chi connectivity index (χ3v) is 7.72. The smallest absolute Gasteiger partial charge is 0.475 e. The molecule has 3 aromatic rings. The molecule has 18 heteroatoms. The Kier molecular flexibility index (Phi) is 9.29. The quantitative estimate of drug-likeness (QED) is 0.274. The van der Waals surface area contributed by atoms with Gasteiger partial charge in [0.2, 0.25) is 0 Å². The number of carboxylic acid groups (broad SMARTS) is 1. The third-order valence-electron chi connectivity index (χ3n) is 6.63. The number of nitrogens with zero attached hydrogens (tertiary/aromatic N) is 5. The second kappa shape index (κ2) is 12.7. The van der Waals surface area contributed by atoms with Crippen molar-refractivity contribution < 1.29 is 37.5 Å². The highest BCUT2D eigenvalue weighted by atomic mass is 32.1. The summed E-state index contributed by atoms with van der Waals surface area (Å²) in [5.74, 6) is -2.57. The summed E-state index contributed by atoms with van der Waals surface area (Å²) in [6.45, 7) is 3.62. The maximum absolute atomic E-state index is 13.7. The number of thiophene rings is 1. The zero-order chi connectivity index (χ0) is 31.4. The molecule has 230 valence electrons. The van der Waals surface area contributed by atoms with Crippen molar-refractivity contribution in [1.82, 2.24) is 30.5 Å². The van der Waals surface area contributed by atoms with Gasteiger partial charge in [-0.3, -0.25) is 19.9 Å². The molecule has 1 aromatic carbocycles. The fourth-order valence-corrected chi connectivity index (χ4v) is 5.64. The summed E-state index contributed by atoms with van der Waals surface area (Å²) in [4.78, 5) is 54.1. The number of amides is 4. The molecule has 4 amide bonds. The zero-order valence-corrected chi connectivity index (χ0v) is 23.6. The van der Waals surface area contributed by atoms with Crippen LogP contribution in [-0.2, 0) is 22.7 Å². The summed E-state index contributed by atoms with van der Waals surface area (Å²) in [6.07, 6.45) is -2.56. The van der Waals surface area contributed by atoms with Crippen LogP contribution in [0, 0.1) is 0 Å². The molecular weight excluding hydrogens is 595 g/mol. The average Bonchev–Trinajstić information content (AvgIpc) is 3.64. The summed E-state index contributed by atoms with van der Waals surface area (Å²) in [5, 5.41) is 24.8. The number of aliphatic imine (C=N–C) groups is 1. The monoisotopic (exact) mass is 623 g/mol. The SMILES string of the molecule is CCNC(=O)Nc1sc2ccccc2c1C(=O)N1CCC2(CC1)N=C(Cn1cc(CN)nn1)NC2=O.O=C(O)C(F)(F)F. The Bertz CT molecular complexity index is 1560. The first-order chi connectivity index (χ1) is 20.4. The lowest BCUT2D eigenvalue weighted by atomic mass is 9.87. The molecule has 2 aliphatic heterocycles. The summed E-state index contributed by atoms with van der Waals surface area (Å²) in [7, 11) is 0. The van der Waals surface area contributed by atoms with Crippen molar-refractivity contribution in [2.45, 2.75) is 44.6 Å². The van der Waals surface area contributed by atoms with Crippen LogP contribution in [0.25, 0.3) is 10.1 Å². The molecule has 6 N–H and O–H groups in total. The van der Waals surface area contributed by atoms with Crippen LogP contribution in [0.3, 0.4) is 0 Å². The molecule has 0 unspecified atom stereocenters. The van der Waals surface area contributed by atoms with E-state index in [-0.39, 0.29) is 24.4 Å². The van der Waals surface area contributed by atoms with E-state index in [1.807, 2.05) is 31.2 Å². The van der Waals surface area contributed by atoms with Gasteiger partial charge in [0.15, 0.2) is 0 Å². The predicted molar refractivity (Wildman–Crippen MR) is 150 cm³/mol. The number of piperidine rings is 1. The molecule has 2 aromatic heterocycles. The number of halogens is 3. The number of hydrogen-bond acceptors (Lipinski definition) is 9. The highest BCUT2D eigenvalue weighted by molar-refractivity contribution is 7.23. The molecule has 4 heterocycles. The highest BCUT2D eigenvalue weighted by Gasteiger charge is 2.46. The van der Waals surface area contributed by atoms with Crippen molar-refractivity contribution in [1.29, 1.82) is 0 Å². The van der Waals surface area contributed by atoms with E-state index in [1.54, 1.807) is 15.8 Å². The van der Waals surface area contributed by atoms with Crippen molar-refractivity contribution >= 4 is 56.1 Å². The second-order valence-corrected chi connectivity index (χ2v) is 10.6. The van der Waals surface area contributed by atoms with Crippen LogP contribution in [0.2, 0.25) is 0 Å². The Balaban J connectivity index is 0.000000541. The molecule has 14 nitrogen and oxygen atoms in total. The number of alkyl halides is 3. The number of rotatable bonds is 6. The number of fused-ring (bicyclic) bond motifs is 1. The zero-order valence-electron chi connectivity index (χ0n) is 22.8. The number of aromatic nitrogens is 3. The Morgan fingerprint density at radius 1 is 1.21 bits per heavy atom. The van der Waals surface area contributed by atoms with Gasteiger partial charge in [0, 0.05) is 36.3 Å². The minimum Gasteiger partial charge on any atom is -0.475 e. The van der Waals surface area contributed by atoms with Crippen molar-refractivity contribution in [2.24, 2.45) is 10.7 Å². The number of amidine groups is 1. The number of nitrogens with two attached hydrogens (primary N) is 1. The topological polar surface area (TPSA) is 197 Å². The van der Waals surface area contributed by atoms with Gasteiger partial charge in [0.25, 0.3) is 11.8 Å². The van der Waals surface area contributed by atoms with Crippen LogP contribution in [0.1, 0.15) is 35.8 Å². The van der Waals surface area contributed by atoms with Gasteiger partial charge in [-0.2, -0.15) is 13.2 Å². The van der Waals surface area contributed by atoms with Gasteiger partial charge < -0.3 is 26.4 Å². The summed E-state index contributed by atoms with van der Waals surface area (Å²) >= 11 is 1.37. The lowest BCUT2D eigenvalue weighted by Crippen LogP contribution is -2.50. The van der Waals surface area contributed by atoms with E-state index in [1.165, 1.54) is 11.3 Å². The maximum atomic E-state index is 13.7.